The van der Waals surface area contributed by atoms with Gasteiger partial charge in [0.15, 0.2) is 0 Å². The number of allylic oxidation sites excluding steroid dienone is 6. The zero-order chi connectivity index (χ0) is 49.8. The van der Waals surface area contributed by atoms with Crippen LogP contribution in [0.2, 0.25) is 0 Å². The van der Waals surface area contributed by atoms with Crippen molar-refractivity contribution in [2.75, 3.05) is 6.61 Å². The van der Waals surface area contributed by atoms with Crippen LogP contribution in [0.4, 0.5) is 0 Å². The van der Waals surface area contributed by atoms with E-state index in [2.05, 4.69) is 297 Å². The van der Waals surface area contributed by atoms with E-state index in [1.54, 1.807) is 0 Å². The molecule has 9 aromatic carbocycles. The first-order valence-electron chi connectivity index (χ1n) is 25.3. The molecule has 2 unspecified atom stereocenters. The van der Waals surface area contributed by atoms with Gasteiger partial charge in [0.2, 0.25) is 0 Å². The largest absolute Gasteiger partial charge is 0.662 e. The van der Waals surface area contributed by atoms with Crippen LogP contribution in [0.5, 0.6) is 0 Å². The van der Waals surface area contributed by atoms with Crippen LogP contribution < -0.4 is 0 Å². The zero-order valence-electron chi connectivity index (χ0n) is 41.0. The van der Waals surface area contributed by atoms with Gasteiger partial charge in [-0.1, -0.05) is 273 Å². The van der Waals surface area contributed by atoms with Crippen molar-refractivity contribution in [3.8, 4) is 0 Å². The van der Waals surface area contributed by atoms with Crippen LogP contribution in [-0.2, 0) is 18.3 Å². The minimum atomic E-state index is -1.11. The third kappa shape index (κ3) is 10.8. The van der Waals surface area contributed by atoms with Gasteiger partial charge >= 0.3 is 7.32 Å². The lowest BCUT2D eigenvalue weighted by molar-refractivity contribution is 0.212. The van der Waals surface area contributed by atoms with Crippen LogP contribution in [-0.4, -0.2) is 23.7 Å². The Hall–Kier alpha value is -7.68. The molecule has 0 saturated carbocycles. The molecule has 360 valence electrons. The van der Waals surface area contributed by atoms with Crippen LogP contribution in [0.1, 0.15) is 62.9 Å². The second-order valence-corrected chi connectivity index (χ2v) is 21.4. The molecule has 9 aromatic rings. The van der Waals surface area contributed by atoms with E-state index in [-0.39, 0.29) is 0 Å². The summed E-state index contributed by atoms with van der Waals surface area (Å²) in [4.78, 5) is 4.18. The third-order valence-corrected chi connectivity index (χ3v) is 17.2. The second-order valence-electron chi connectivity index (χ2n) is 18.1. The number of benzene rings is 9. The number of hydrogen-bond acceptors (Lipinski definition) is 3. The topological polar surface area (TPSA) is 27.7 Å². The van der Waals surface area contributed by atoms with E-state index in [0.29, 0.717) is 13.0 Å². The molecule has 2 heterocycles. The van der Waals surface area contributed by atoms with Gasteiger partial charge in [0, 0.05) is 31.6 Å². The Kier molecular flexibility index (Phi) is 15.4. The predicted octanol–water partition coefficient (Wildman–Crippen LogP) is 16.9. The summed E-state index contributed by atoms with van der Waals surface area (Å²) < 4.78 is 22.6. The Morgan fingerprint density at radius 1 is 0.311 bits per heavy atom. The lowest BCUT2D eigenvalue weighted by Gasteiger charge is -2.36. The Morgan fingerprint density at radius 3 is 0.919 bits per heavy atom. The molecule has 0 N–H and O–H groups in total. The van der Waals surface area contributed by atoms with Gasteiger partial charge in [-0.05, 0) is 120 Å². The Bertz CT molecular complexity index is 3220. The van der Waals surface area contributed by atoms with E-state index in [4.69, 9.17) is 12.9 Å². The molecule has 2 aliphatic heterocycles. The smallest absolute Gasteiger partial charge is 0.385 e. The molecule has 74 heavy (non-hydrogen) atoms. The maximum Gasteiger partial charge on any atom is 0.662 e. The predicted molar refractivity (Wildman–Crippen MR) is 316 cm³/mol. The minimum absolute atomic E-state index is 0.361. The molecule has 0 amide bonds. The number of hydrogen-bond donors (Lipinski definition) is 0. The van der Waals surface area contributed by atoms with E-state index in [9.17, 15) is 0 Å². The van der Waals surface area contributed by atoms with Crippen molar-refractivity contribution in [3.05, 3.63) is 347 Å². The summed E-state index contributed by atoms with van der Waals surface area (Å²) in [5.41, 5.74) is 12.0. The van der Waals surface area contributed by atoms with Crippen LogP contribution in [0.25, 0.3) is 21.0 Å². The van der Waals surface area contributed by atoms with Gasteiger partial charge < -0.3 is 12.9 Å². The highest BCUT2D eigenvalue weighted by Gasteiger charge is 2.37. The maximum atomic E-state index is 7.66. The highest BCUT2D eigenvalue weighted by molar-refractivity contribution is 8.22. The van der Waals surface area contributed by atoms with Crippen molar-refractivity contribution in [2.45, 2.75) is 18.3 Å². The lowest BCUT2D eigenvalue weighted by Crippen LogP contribution is -2.31. The fourth-order valence-electron chi connectivity index (χ4n) is 9.92. The molecule has 0 fully saturated rings. The standard InChI is InChI=1S/C68H55BO3S2/c1-10-29-53(30-11-1)59-49-64(55-33-14-3-15-34-55)73(65(50-59)56-35-16-4-17-36-56)71-69(70-48-28-47-68(61-41-22-7-23-42-61,62-43-24-8-25-44-62)63-45-26-9-27-46-63)72-74-66(57-37-18-5-19-38-57)51-60(54-31-12-2-13-32-54)52-67(74)58-39-20-6-21-40-58/h1-27,29-46,49-52H,28,47-48H2. The highest BCUT2D eigenvalue weighted by Crippen LogP contribution is 2.49. The molecular formula is C68H55BO3S2. The van der Waals surface area contributed by atoms with Gasteiger partial charge in [-0.25, -0.2) is 0 Å². The van der Waals surface area contributed by atoms with Crippen molar-refractivity contribution in [3.63, 3.8) is 0 Å². The first kappa shape index (κ1) is 48.6. The molecule has 2 atom stereocenters. The normalized spacial score (nSPS) is 15.6. The molecule has 0 aromatic heterocycles. The van der Waals surface area contributed by atoms with E-state index in [1.807, 2.05) is 0 Å². The van der Waals surface area contributed by atoms with Gasteiger partial charge in [0.25, 0.3) is 0 Å². The first-order valence-corrected chi connectivity index (χ1v) is 27.6. The Balaban J connectivity index is 1.07. The molecule has 11 rings (SSSR count). The third-order valence-electron chi connectivity index (χ3n) is 13.5. The molecule has 0 bridgehead atoms. The van der Waals surface area contributed by atoms with Gasteiger partial charge in [0.05, 0.1) is 0 Å². The monoisotopic (exact) mass is 994 g/mol. The Morgan fingerprint density at radius 2 is 0.595 bits per heavy atom. The summed E-state index contributed by atoms with van der Waals surface area (Å²) in [6.45, 7) is 0.361. The second kappa shape index (κ2) is 23.5. The molecule has 0 spiro atoms. The van der Waals surface area contributed by atoms with Gasteiger partial charge in [-0.15, -0.1) is 0 Å². The first-order chi connectivity index (χ1) is 36.7. The van der Waals surface area contributed by atoms with Gasteiger partial charge in [0.1, 0.15) is 0 Å². The SMILES string of the molecule is C1=C(c2ccccc2)C=C(c2ccccc2)S(OB(OCCCC(c2ccccc2)(c2ccccc2)c2ccccc2)OS2=C(c3ccccc3)C=C(c3ccccc3)C=C2c2ccccc2)=C1c1ccccc1. The molecule has 0 saturated heterocycles. The molecule has 2 aliphatic rings. The summed E-state index contributed by atoms with van der Waals surface area (Å²) in [5.74, 6) is 0. The van der Waals surface area contributed by atoms with Gasteiger partial charge in [-0.3, -0.25) is 0 Å². The maximum absolute atomic E-state index is 7.66. The lowest BCUT2D eigenvalue weighted by atomic mass is 9.67. The van der Waals surface area contributed by atoms with Crippen molar-refractivity contribution in [2.24, 2.45) is 0 Å². The molecule has 0 aliphatic carbocycles. The summed E-state index contributed by atoms with van der Waals surface area (Å²) >= 11 is 0. The van der Waals surface area contributed by atoms with Crippen molar-refractivity contribution in [1.82, 2.24) is 0 Å². The van der Waals surface area contributed by atoms with Crippen LogP contribution >= 0.6 is 21.5 Å². The van der Waals surface area contributed by atoms with Crippen LogP contribution in [0.3, 0.4) is 0 Å². The van der Waals surface area contributed by atoms with Crippen molar-refractivity contribution < 1.29 is 12.9 Å². The van der Waals surface area contributed by atoms with E-state index in [0.717, 1.165) is 70.5 Å². The molecule has 0 radical (unpaired) electrons. The summed E-state index contributed by atoms with van der Waals surface area (Å²) in [5, 5.41) is 0. The number of rotatable bonds is 18. The minimum Gasteiger partial charge on any atom is -0.385 e. The Labute approximate surface area is 442 Å². The van der Waals surface area contributed by atoms with E-state index >= 15 is 0 Å². The van der Waals surface area contributed by atoms with E-state index in [1.165, 1.54) is 16.7 Å². The average molecular weight is 995 g/mol. The molecular weight excluding hydrogens is 940 g/mol. The quantitative estimate of drug-likeness (QED) is 0.0371. The van der Waals surface area contributed by atoms with Gasteiger partial charge in [-0.2, -0.15) is 0 Å². The highest BCUT2D eigenvalue weighted by atomic mass is 32.2. The summed E-state index contributed by atoms with van der Waals surface area (Å²) in [6, 6.07) is 96.4. The average Bonchev–Trinajstić information content (AvgIpc) is 3.49. The molecule has 3 nitrogen and oxygen atoms in total. The van der Waals surface area contributed by atoms with Crippen molar-refractivity contribution >= 4 is 59.5 Å². The van der Waals surface area contributed by atoms with Crippen LogP contribution in [0, 0.1) is 0 Å². The zero-order valence-corrected chi connectivity index (χ0v) is 42.7. The van der Waals surface area contributed by atoms with E-state index < -0.39 is 34.3 Å². The van der Waals surface area contributed by atoms with Crippen LogP contribution in [0.15, 0.2) is 297 Å². The molecule has 6 heteroatoms. The van der Waals surface area contributed by atoms with Crippen molar-refractivity contribution in [1.29, 1.82) is 0 Å². The fourth-order valence-corrected chi connectivity index (χ4v) is 13.7. The fraction of sp³-hybridized carbons (Fsp3) is 0.0588. The summed E-state index contributed by atoms with van der Waals surface area (Å²) in [6.07, 6.45) is 10.6. The summed E-state index contributed by atoms with van der Waals surface area (Å²) in [7, 11) is -3.11.